The van der Waals surface area contributed by atoms with Crippen molar-refractivity contribution in [2.45, 2.75) is 6.92 Å². The Morgan fingerprint density at radius 2 is 1.78 bits per heavy atom. The van der Waals surface area contributed by atoms with Gasteiger partial charge in [0.15, 0.2) is 0 Å². The lowest BCUT2D eigenvalue weighted by molar-refractivity contribution is 1.25. The third-order valence-corrected chi connectivity index (χ3v) is 4.38. The predicted molar refractivity (Wildman–Crippen MR) is 81.4 cm³/mol. The highest BCUT2D eigenvalue weighted by Crippen LogP contribution is 2.35. The molecule has 1 aromatic heterocycles. The van der Waals surface area contributed by atoms with Crippen LogP contribution >= 0.6 is 50.7 Å². The first-order valence-electron chi connectivity index (χ1n) is 5.01. The number of nitrogens with one attached hydrogen (secondary N) is 1. The van der Waals surface area contributed by atoms with Gasteiger partial charge in [-0.1, -0.05) is 34.8 Å². The summed E-state index contributed by atoms with van der Waals surface area (Å²) in [5.41, 5.74) is 1.73. The Bertz CT molecular complexity index is 602. The van der Waals surface area contributed by atoms with Crippen LogP contribution in [0.5, 0.6) is 0 Å². The molecule has 1 N–H and O–H groups in total. The van der Waals surface area contributed by atoms with Crippen molar-refractivity contribution in [2.24, 2.45) is 0 Å². The molecule has 0 bridgehead atoms. The quantitative estimate of drug-likeness (QED) is 0.674. The summed E-state index contributed by atoms with van der Waals surface area (Å²) in [5.74, 6) is 0.676. The molecular formula is C12H8BrCl3N2. The minimum Gasteiger partial charge on any atom is -0.338 e. The molecule has 2 aromatic rings. The number of hydrogen-bond donors (Lipinski definition) is 1. The van der Waals surface area contributed by atoms with Crippen molar-refractivity contribution in [1.82, 2.24) is 4.98 Å². The summed E-state index contributed by atoms with van der Waals surface area (Å²) in [6.07, 6.45) is 1.72. The number of pyridine rings is 1. The van der Waals surface area contributed by atoms with Crippen LogP contribution in [0.4, 0.5) is 11.5 Å². The van der Waals surface area contributed by atoms with Crippen LogP contribution in [0.25, 0.3) is 0 Å². The normalized spacial score (nSPS) is 10.5. The average molecular weight is 366 g/mol. The Hall–Kier alpha value is -0.480. The van der Waals surface area contributed by atoms with Crippen LogP contribution in [0.1, 0.15) is 5.56 Å². The van der Waals surface area contributed by atoms with E-state index in [-0.39, 0.29) is 0 Å². The maximum atomic E-state index is 6.09. The molecule has 0 unspecified atom stereocenters. The van der Waals surface area contributed by atoms with Gasteiger partial charge in [-0.2, -0.15) is 0 Å². The van der Waals surface area contributed by atoms with Gasteiger partial charge in [0.25, 0.3) is 0 Å². The molecule has 2 rings (SSSR count). The van der Waals surface area contributed by atoms with Gasteiger partial charge in [0.1, 0.15) is 5.82 Å². The molecule has 0 aliphatic heterocycles. The average Bonchev–Trinajstić information content (AvgIpc) is 2.32. The van der Waals surface area contributed by atoms with Crippen molar-refractivity contribution >= 4 is 62.2 Å². The smallest absolute Gasteiger partial charge is 0.144 e. The first kappa shape index (κ1) is 13.9. The number of nitrogens with zero attached hydrogens (tertiary/aromatic N) is 1. The summed E-state index contributed by atoms with van der Waals surface area (Å²) in [7, 11) is 0. The second-order valence-electron chi connectivity index (χ2n) is 3.66. The van der Waals surface area contributed by atoms with E-state index in [0.29, 0.717) is 26.6 Å². The number of rotatable bonds is 2. The van der Waals surface area contributed by atoms with E-state index in [1.165, 1.54) is 0 Å². The summed E-state index contributed by atoms with van der Waals surface area (Å²) in [6.45, 7) is 1.98. The molecule has 0 aliphatic carbocycles. The fraction of sp³-hybridized carbons (Fsp3) is 0.0833. The van der Waals surface area contributed by atoms with Gasteiger partial charge in [0.05, 0.1) is 25.2 Å². The molecule has 94 valence electrons. The summed E-state index contributed by atoms with van der Waals surface area (Å²) >= 11 is 21.4. The van der Waals surface area contributed by atoms with E-state index < -0.39 is 0 Å². The lowest BCUT2D eigenvalue weighted by Crippen LogP contribution is -1.96. The fourth-order valence-electron chi connectivity index (χ4n) is 1.37. The van der Waals surface area contributed by atoms with Crippen LogP contribution in [-0.4, -0.2) is 4.98 Å². The highest BCUT2D eigenvalue weighted by molar-refractivity contribution is 9.10. The minimum absolute atomic E-state index is 0.420. The highest BCUT2D eigenvalue weighted by atomic mass is 79.9. The molecule has 0 atom stereocenters. The topological polar surface area (TPSA) is 24.9 Å². The molecule has 0 aliphatic rings. The third kappa shape index (κ3) is 2.91. The Kier molecular flexibility index (Phi) is 4.38. The molecule has 0 fully saturated rings. The van der Waals surface area contributed by atoms with E-state index in [1.807, 2.05) is 13.0 Å². The van der Waals surface area contributed by atoms with Crippen LogP contribution in [0.2, 0.25) is 15.1 Å². The number of halogens is 4. The van der Waals surface area contributed by atoms with Crippen LogP contribution < -0.4 is 5.32 Å². The number of anilines is 2. The lowest BCUT2D eigenvalue weighted by atomic mass is 10.3. The highest BCUT2D eigenvalue weighted by Gasteiger charge is 2.09. The zero-order valence-electron chi connectivity index (χ0n) is 9.27. The number of aryl methyl sites for hydroxylation is 1. The summed E-state index contributed by atoms with van der Waals surface area (Å²) in [5, 5.41) is 4.46. The van der Waals surface area contributed by atoms with Gasteiger partial charge in [-0.15, -0.1) is 0 Å². The van der Waals surface area contributed by atoms with Crippen molar-refractivity contribution in [2.75, 3.05) is 5.32 Å². The van der Waals surface area contributed by atoms with E-state index in [9.17, 15) is 0 Å². The van der Waals surface area contributed by atoms with Crippen molar-refractivity contribution < 1.29 is 0 Å². The van der Waals surface area contributed by atoms with Gasteiger partial charge in [0.2, 0.25) is 0 Å². The van der Waals surface area contributed by atoms with Crippen molar-refractivity contribution in [3.05, 3.63) is 49.5 Å². The molecular weight excluding hydrogens is 358 g/mol. The first-order chi connectivity index (χ1) is 8.49. The molecule has 0 saturated heterocycles. The van der Waals surface area contributed by atoms with Crippen LogP contribution in [-0.2, 0) is 0 Å². The standard InChI is InChI=1S/C12H8BrCl3N2/c1-6-2-3-17-12(11(6)13)18-10-5-8(15)7(14)4-9(10)16/h2-5H,1H3,(H,17,18). The van der Waals surface area contributed by atoms with E-state index in [1.54, 1.807) is 18.3 Å². The first-order valence-corrected chi connectivity index (χ1v) is 6.94. The van der Waals surface area contributed by atoms with Gasteiger partial charge in [-0.05, 0) is 46.6 Å². The lowest BCUT2D eigenvalue weighted by Gasteiger charge is -2.11. The molecule has 0 spiro atoms. The SMILES string of the molecule is Cc1ccnc(Nc2cc(Cl)c(Cl)cc2Cl)c1Br. The van der Waals surface area contributed by atoms with Gasteiger partial charge >= 0.3 is 0 Å². The Morgan fingerprint density at radius 1 is 1.11 bits per heavy atom. The third-order valence-electron chi connectivity index (χ3n) is 2.35. The predicted octanol–water partition coefficient (Wildman–Crippen LogP) is 5.86. The van der Waals surface area contributed by atoms with Crippen molar-refractivity contribution in [3.8, 4) is 0 Å². The van der Waals surface area contributed by atoms with Crippen LogP contribution in [0.3, 0.4) is 0 Å². The summed E-state index contributed by atoms with van der Waals surface area (Å²) < 4.78 is 0.882. The molecule has 0 amide bonds. The molecule has 0 saturated carbocycles. The monoisotopic (exact) mass is 364 g/mol. The van der Waals surface area contributed by atoms with Crippen LogP contribution in [0.15, 0.2) is 28.9 Å². The molecule has 1 heterocycles. The van der Waals surface area contributed by atoms with E-state index >= 15 is 0 Å². The molecule has 0 radical (unpaired) electrons. The molecule has 2 nitrogen and oxygen atoms in total. The Morgan fingerprint density at radius 3 is 2.50 bits per heavy atom. The largest absolute Gasteiger partial charge is 0.338 e. The van der Waals surface area contributed by atoms with Gasteiger partial charge in [-0.3, -0.25) is 0 Å². The molecule has 18 heavy (non-hydrogen) atoms. The maximum absolute atomic E-state index is 6.09. The summed E-state index contributed by atoms with van der Waals surface area (Å²) in [6, 6.07) is 5.17. The molecule has 1 aromatic carbocycles. The maximum Gasteiger partial charge on any atom is 0.144 e. The number of aromatic nitrogens is 1. The van der Waals surface area contributed by atoms with Gasteiger partial charge < -0.3 is 5.32 Å². The molecule has 6 heteroatoms. The Labute approximate surface area is 128 Å². The number of benzene rings is 1. The minimum atomic E-state index is 0.420. The van der Waals surface area contributed by atoms with E-state index in [2.05, 4.69) is 26.2 Å². The zero-order valence-corrected chi connectivity index (χ0v) is 13.1. The van der Waals surface area contributed by atoms with Crippen molar-refractivity contribution in [1.29, 1.82) is 0 Å². The van der Waals surface area contributed by atoms with Gasteiger partial charge in [0, 0.05) is 6.20 Å². The van der Waals surface area contributed by atoms with E-state index in [0.717, 1.165) is 10.0 Å². The van der Waals surface area contributed by atoms with Crippen LogP contribution in [0, 0.1) is 6.92 Å². The second-order valence-corrected chi connectivity index (χ2v) is 5.68. The van der Waals surface area contributed by atoms with Gasteiger partial charge in [-0.25, -0.2) is 4.98 Å². The van der Waals surface area contributed by atoms with Crippen molar-refractivity contribution in [3.63, 3.8) is 0 Å². The number of hydrogen-bond acceptors (Lipinski definition) is 2. The second kappa shape index (κ2) is 5.66. The summed E-state index contributed by atoms with van der Waals surface area (Å²) in [4.78, 5) is 4.23. The Balaban J connectivity index is 2.40. The fourth-order valence-corrected chi connectivity index (χ4v) is 2.30. The van der Waals surface area contributed by atoms with E-state index in [4.69, 9.17) is 34.8 Å². The zero-order chi connectivity index (χ0) is 13.3.